The molecule has 1 fully saturated rings. The zero-order valence-corrected chi connectivity index (χ0v) is 11.6. The maximum absolute atomic E-state index is 12.5. The third kappa shape index (κ3) is 3.35. The van der Waals surface area contributed by atoms with Crippen molar-refractivity contribution in [3.05, 3.63) is 29.8 Å². The summed E-state index contributed by atoms with van der Waals surface area (Å²) in [5, 5.41) is 0. The molecule has 1 saturated carbocycles. The van der Waals surface area contributed by atoms with E-state index in [9.17, 15) is 4.79 Å². The molecule has 0 saturated heterocycles. The Labute approximate surface area is 115 Å². The fourth-order valence-electron chi connectivity index (χ4n) is 2.93. The predicted molar refractivity (Wildman–Crippen MR) is 76.4 cm³/mol. The maximum atomic E-state index is 12.5. The lowest BCUT2D eigenvalue weighted by Gasteiger charge is -2.29. The van der Waals surface area contributed by atoms with Crippen LogP contribution in [0.3, 0.4) is 0 Å². The molecule has 19 heavy (non-hydrogen) atoms. The second-order valence-electron chi connectivity index (χ2n) is 5.21. The van der Waals surface area contributed by atoms with E-state index in [1.807, 2.05) is 31.2 Å². The number of nitrogens with two attached hydrogens (primary N) is 1. The first kappa shape index (κ1) is 14.1. The summed E-state index contributed by atoms with van der Waals surface area (Å²) in [5.41, 5.74) is 6.59. The molecule has 2 unspecified atom stereocenters. The van der Waals surface area contributed by atoms with Crippen molar-refractivity contribution in [1.29, 1.82) is 0 Å². The minimum Gasteiger partial charge on any atom is -0.494 e. The number of hydrogen-bond donors (Lipinski definition) is 1. The van der Waals surface area contributed by atoms with Gasteiger partial charge in [0.05, 0.1) is 6.61 Å². The van der Waals surface area contributed by atoms with E-state index < -0.39 is 0 Å². The highest BCUT2D eigenvalue weighted by Crippen LogP contribution is 2.32. The molecule has 104 valence electrons. The molecule has 0 radical (unpaired) electrons. The first-order valence-electron chi connectivity index (χ1n) is 7.23. The molecule has 0 bridgehead atoms. The predicted octanol–water partition coefficient (Wildman–Crippen LogP) is 3.03. The zero-order valence-electron chi connectivity index (χ0n) is 11.6. The molecule has 1 aliphatic carbocycles. The quantitative estimate of drug-likeness (QED) is 0.829. The molecule has 2 atom stereocenters. The van der Waals surface area contributed by atoms with Crippen LogP contribution < -0.4 is 10.5 Å². The lowest BCUT2D eigenvalue weighted by atomic mass is 9.75. The lowest BCUT2D eigenvalue weighted by Crippen LogP contribution is -2.32. The van der Waals surface area contributed by atoms with E-state index in [0.717, 1.165) is 30.6 Å². The van der Waals surface area contributed by atoms with Crippen LogP contribution in [-0.4, -0.2) is 18.9 Å². The summed E-state index contributed by atoms with van der Waals surface area (Å²) >= 11 is 0. The molecule has 3 heteroatoms. The smallest absolute Gasteiger partial charge is 0.166 e. The number of ketones is 1. The number of carbonyl (C=O) groups excluding carboxylic acids is 1. The Kier molecular flexibility index (Phi) is 4.97. The Morgan fingerprint density at radius 2 is 1.95 bits per heavy atom. The molecule has 0 spiro atoms. The van der Waals surface area contributed by atoms with Crippen LogP contribution in [0.25, 0.3) is 0 Å². The Bertz CT molecular complexity index is 413. The third-order valence-corrected chi connectivity index (χ3v) is 4.00. The SMILES string of the molecule is CCOc1ccc(C(=O)C2CCCCC2CN)cc1. The molecule has 2 rings (SSSR count). The Morgan fingerprint density at radius 1 is 1.26 bits per heavy atom. The van der Waals surface area contributed by atoms with Gasteiger partial charge in [0.15, 0.2) is 5.78 Å². The standard InChI is InChI=1S/C16H23NO2/c1-2-19-14-9-7-12(8-10-14)16(18)15-6-4-3-5-13(15)11-17/h7-10,13,15H,2-6,11,17H2,1H3. The molecule has 2 N–H and O–H groups in total. The molecular weight excluding hydrogens is 238 g/mol. The molecule has 0 aromatic heterocycles. The summed E-state index contributed by atoms with van der Waals surface area (Å²) in [6.07, 6.45) is 4.41. The van der Waals surface area contributed by atoms with E-state index in [0.29, 0.717) is 19.1 Å². The Morgan fingerprint density at radius 3 is 2.58 bits per heavy atom. The van der Waals surface area contributed by atoms with E-state index in [1.54, 1.807) is 0 Å². The van der Waals surface area contributed by atoms with Crippen molar-refractivity contribution in [1.82, 2.24) is 0 Å². The third-order valence-electron chi connectivity index (χ3n) is 4.00. The number of carbonyl (C=O) groups is 1. The van der Waals surface area contributed by atoms with Crippen LogP contribution in [0.15, 0.2) is 24.3 Å². The summed E-state index contributed by atoms with van der Waals surface area (Å²) in [6.45, 7) is 3.21. The first-order valence-corrected chi connectivity index (χ1v) is 7.23. The average Bonchev–Trinajstić information content (AvgIpc) is 2.47. The Hall–Kier alpha value is -1.35. The summed E-state index contributed by atoms with van der Waals surface area (Å²) in [4.78, 5) is 12.5. The second-order valence-corrected chi connectivity index (χ2v) is 5.21. The summed E-state index contributed by atoms with van der Waals surface area (Å²) in [6, 6.07) is 7.49. The van der Waals surface area contributed by atoms with Gasteiger partial charge in [0, 0.05) is 11.5 Å². The maximum Gasteiger partial charge on any atom is 0.166 e. The summed E-state index contributed by atoms with van der Waals surface area (Å²) in [7, 11) is 0. The fourth-order valence-corrected chi connectivity index (χ4v) is 2.93. The van der Waals surface area contributed by atoms with Gasteiger partial charge in [-0.05, 0) is 56.5 Å². The molecule has 1 aromatic rings. The van der Waals surface area contributed by atoms with Crippen LogP contribution in [-0.2, 0) is 0 Å². The number of hydrogen-bond acceptors (Lipinski definition) is 3. The molecule has 0 amide bonds. The lowest BCUT2D eigenvalue weighted by molar-refractivity contribution is 0.0829. The van der Waals surface area contributed by atoms with Crippen LogP contribution in [0.5, 0.6) is 5.75 Å². The molecule has 1 aromatic carbocycles. The van der Waals surface area contributed by atoms with Crippen molar-refractivity contribution < 1.29 is 9.53 Å². The minimum atomic E-state index is 0.108. The average molecular weight is 261 g/mol. The summed E-state index contributed by atoms with van der Waals surface area (Å²) in [5.74, 6) is 1.53. The van der Waals surface area contributed by atoms with Crippen LogP contribution in [0.2, 0.25) is 0 Å². The normalized spacial score (nSPS) is 23.1. The van der Waals surface area contributed by atoms with Gasteiger partial charge in [0.25, 0.3) is 0 Å². The van der Waals surface area contributed by atoms with E-state index in [1.165, 1.54) is 6.42 Å². The van der Waals surface area contributed by atoms with Gasteiger partial charge in [-0.3, -0.25) is 4.79 Å². The second kappa shape index (κ2) is 6.71. The largest absolute Gasteiger partial charge is 0.494 e. The first-order chi connectivity index (χ1) is 9.26. The van der Waals surface area contributed by atoms with Gasteiger partial charge in [-0.25, -0.2) is 0 Å². The molecular formula is C16H23NO2. The van der Waals surface area contributed by atoms with Crippen LogP contribution in [0, 0.1) is 11.8 Å². The number of rotatable bonds is 5. The topological polar surface area (TPSA) is 52.3 Å². The minimum absolute atomic E-state index is 0.108. The van der Waals surface area contributed by atoms with Gasteiger partial charge in [-0.15, -0.1) is 0 Å². The van der Waals surface area contributed by atoms with Gasteiger partial charge in [-0.2, -0.15) is 0 Å². The van der Waals surface area contributed by atoms with Crippen LogP contribution in [0.4, 0.5) is 0 Å². The summed E-state index contributed by atoms with van der Waals surface area (Å²) < 4.78 is 5.40. The van der Waals surface area contributed by atoms with Crippen molar-refractivity contribution in [3.63, 3.8) is 0 Å². The van der Waals surface area contributed by atoms with Gasteiger partial charge in [0.2, 0.25) is 0 Å². The van der Waals surface area contributed by atoms with Crippen molar-refractivity contribution in [2.45, 2.75) is 32.6 Å². The van der Waals surface area contributed by atoms with E-state index in [4.69, 9.17) is 10.5 Å². The number of Topliss-reactive ketones (excluding diaryl/α,β-unsaturated/α-hetero) is 1. The van der Waals surface area contributed by atoms with Crippen molar-refractivity contribution in [3.8, 4) is 5.75 Å². The van der Waals surface area contributed by atoms with Gasteiger partial charge in [0.1, 0.15) is 5.75 Å². The van der Waals surface area contributed by atoms with E-state index in [2.05, 4.69) is 0 Å². The van der Waals surface area contributed by atoms with E-state index >= 15 is 0 Å². The molecule has 0 aliphatic heterocycles. The van der Waals surface area contributed by atoms with Gasteiger partial charge < -0.3 is 10.5 Å². The van der Waals surface area contributed by atoms with Crippen LogP contribution in [0.1, 0.15) is 43.0 Å². The van der Waals surface area contributed by atoms with Gasteiger partial charge in [-0.1, -0.05) is 12.8 Å². The van der Waals surface area contributed by atoms with Crippen molar-refractivity contribution in [2.75, 3.05) is 13.2 Å². The van der Waals surface area contributed by atoms with Gasteiger partial charge >= 0.3 is 0 Å². The zero-order chi connectivity index (χ0) is 13.7. The Balaban J connectivity index is 2.09. The van der Waals surface area contributed by atoms with E-state index in [-0.39, 0.29) is 11.7 Å². The number of ether oxygens (including phenoxy) is 1. The fraction of sp³-hybridized carbons (Fsp3) is 0.562. The van der Waals surface area contributed by atoms with Crippen LogP contribution >= 0.6 is 0 Å². The highest BCUT2D eigenvalue weighted by atomic mass is 16.5. The number of benzene rings is 1. The highest BCUT2D eigenvalue weighted by Gasteiger charge is 2.30. The molecule has 3 nitrogen and oxygen atoms in total. The molecule has 0 heterocycles. The monoisotopic (exact) mass is 261 g/mol. The highest BCUT2D eigenvalue weighted by molar-refractivity contribution is 5.98. The molecule has 1 aliphatic rings. The van der Waals surface area contributed by atoms with Crippen molar-refractivity contribution >= 4 is 5.78 Å². The van der Waals surface area contributed by atoms with Crippen molar-refractivity contribution in [2.24, 2.45) is 17.6 Å².